The Kier molecular flexibility index (Phi) is 4.96. The first-order chi connectivity index (χ1) is 9.69. The van der Waals surface area contributed by atoms with Crippen LogP contribution in [0.1, 0.15) is 11.1 Å². The Labute approximate surface area is 122 Å². The topological polar surface area (TPSA) is 51.2 Å². The van der Waals surface area contributed by atoms with E-state index in [1.807, 2.05) is 24.3 Å². The first-order valence-electron chi connectivity index (χ1n) is 6.18. The van der Waals surface area contributed by atoms with Crippen LogP contribution in [0.4, 0.5) is 0 Å². The predicted octanol–water partition coefficient (Wildman–Crippen LogP) is 2.60. The van der Waals surface area contributed by atoms with Gasteiger partial charge in [0.2, 0.25) is 11.8 Å². The van der Waals surface area contributed by atoms with Crippen molar-refractivity contribution in [1.29, 1.82) is 0 Å². The van der Waals surface area contributed by atoms with Gasteiger partial charge < -0.3 is 10.1 Å². The lowest BCUT2D eigenvalue weighted by Crippen LogP contribution is -2.24. The SMILES string of the molecule is COc1cc(CNC(=O)Cc2ccccc2Cl)ccn1. The van der Waals surface area contributed by atoms with Crippen molar-refractivity contribution in [2.45, 2.75) is 13.0 Å². The molecule has 1 aromatic carbocycles. The molecule has 0 bridgehead atoms. The number of rotatable bonds is 5. The minimum Gasteiger partial charge on any atom is -0.481 e. The summed E-state index contributed by atoms with van der Waals surface area (Å²) in [6, 6.07) is 10.9. The maximum atomic E-state index is 11.9. The molecular formula is C15H15ClN2O2. The zero-order chi connectivity index (χ0) is 14.4. The van der Waals surface area contributed by atoms with E-state index in [0.717, 1.165) is 11.1 Å². The van der Waals surface area contributed by atoms with Crippen molar-refractivity contribution in [2.75, 3.05) is 7.11 Å². The highest BCUT2D eigenvalue weighted by molar-refractivity contribution is 6.31. The highest BCUT2D eigenvalue weighted by Gasteiger charge is 2.06. The highest BCUT2D eigenvalue weighted by atomic mass is 35.5. The van der Waals surface area contributed by atoms with Crippen molar-refractivity contribution in [3.8, 4) is 5.88 Å². The van der Waals surface area contributed by atoms with Gasteiger partial charge in [-0.2, -0.15) is 0 Å². The number of carbonyl (C=O) groups excluding carboxylic acids is 1. The minimum atomic E-state index is -0.0751. The number of pyridine rings is 1. The third-order valence-electron chi connectivity index (χ3n) is 2.81. The first kappa shape index (κ1) is 14.3. The summed E-state index contributed by atoms with van der Waals surface area (Å²) in [7, 11) is 1.56. The van der Waals surface area contributed by atoms with Gasteiger partial charge in [0.15, 0.2) is 0 Å². The van der Waals surface area contributed by atoms with Crippen LogP contribution in [0, 0.1) is 0 Å². The van der Waals surface area contributed by atoms with E-state index in [1.165, 1.54) is 0 Å². The minimum absolute atomic E-state index is 0.0751. The number of carbonyl (C=O) groups is 1. The molecule has 0 saturated heterocycles. The molecule has 0 aliphatic carbocycles. The Morgan fingerprint density at radius 2 is 2.15 bits per heavy atom. The number of hydrogen-bond acceptors (Lipinski definition) is 3. The van der Waals surface area contributed by atoms with Gasteiger partial charge in [0.1, 0.15) is 0 Å². The number of halogens is 1. The molecule has 1 aromatic heterocycles. The molecule has 1 amide bonds. The maximum absolute atomic E-state index is 11.9. The summed E-state index contributed by atoms with van der Waals surface area (Å²) in [5.74, 6) is 0.455. The normalized spacial score (nSPS) is 10.1. The molecule has 0 spiro atoms. The lowest BCUT2D eigenvalue weighted by Gasteiger charge is -2.07. The van der Waals surface area contributed by atoms with E-state index in [2.05, 4.69) is 10.3 Å². The lowest BCUT2D eigenvalue weighted by molar-refractivity contribution is -0.120. The molecule has 0 saturated carbocycles. The Balaban J connectivity index is 1.90. The number of ether oxygens (including phenoxy) is 1. The van der Waals surface area contributed by atoms with Gasteiger partial charge in [0.05, 0.1) is 13.5 Å². The summed E-state index contributed by atoms with van der Waals surface area (Å²) < 4.78 is 5.03. The molecule has 1 heterocycles. The van der Waals surface area contributed by atoms with Gasteiger partial charge in [-0.15, -0.1) is 0 Å². The third kappa shape index (κ3) is 3.96. The van der Waals surface area contributed by atoms with Gasteiger partial charge in [-0.1, -0.05) is 29.8 Å². The molecule has 0 fully saturated rings. The second kappa shape index (κ2) is 6.91. The predicted molar refractivity (Wildman–Crippen MR) is 77.8 cm³/mol. The Morgan fingerprint density at radius 1 is 1.35 bits per heavy atom. The molecule has 0 atom stereocenters. The highest BCUT2D eigenvalue weighted by Crippen LogP contribution is 2.15. The Bertz CT molecular complexity index is 602. The van der Waals surface area contributed by atoms with Crippen molar-refractivity contribution >= 4 is 17.5 Å². The molecule has 5 heteroatoms. The number of hydrogen-bond donors (Lipinski definition) is 1. The van der Waals surface area contributed by atoms with Gasteiger partial charge in [0, 0.05) is 23.8 Å². The number of nitrogens with one attached hydrogen (secondary N) is 1. The standard InChI is InChI=1S/C15H15ClN2O2/c1-20-15-8-11(6-7-17-15)10-18-14(19)9-12-4-2-3-5-13(12)16/h2-8H,9-10H2,1H3,(H,18,19). The molecule has 0 aliphatic heterocycles. The third-order valence-corrected chi connectivity index (χ3v) is 3.18. The fourth-order valence-electron chi connectivity index (χ4n) is 1.75. The van der Waals surface area contributed by atoms with Crippen LogP contribution in [0.15, 0.2) is 42.6 Å². The van der Waals surface area contributed by atoms with E-state index >= 15 is 0 Å². The second-order valence-corrected chi connectivity index (χ2v) is 4.66. The van der Waals surface area contributed by atoms with E-state index < -0.39 is 0 Å². The molecule has 20 heavy (non-hydrogen) atoms. The van der Waals surface area contributed by atoms with Crippen molar-refractivity contribution < 1.29 is 9.53 Å². The van der Waals surface area contributed by atoms with Crippen LogP contribution in [0.25, 0.3) is 0 Å². The van der Waals surface area contributed by atoms with Crippen LogP contribution in [0.2, 0.25) is 5.02 Å². The quantitative estimate of drug-likeness (QED) is 0.921. The van der Waals surface area contributed by atoms with Gasteiger partial charge >= 0.3 is 0 Å². The van der Waals surface area contributed by atoms with E-state index in [0.29, 0.717) is 17.4 Å². The van der Waals surface area contributed by atoms with Crippen LogP contribution in [-0.4, -0.2) is 18.0 Å². The maximum Gasteiger partial charge on any atom is 0.224 e. The summed E-state index contributed by atoms with van der Waals surface area (Å²) in [6.45, 7) is 0.433. The summed E-state index contributed by atoms with van der Waals surface area (Å²) in [4.78, 5) is 15.9. The van der Waals surface area contributed by atoms with Gasteiger partial charge in [0.25, 0.3) is 0 Å². The van der Waals surface area contributed by atoms with Gasteiger partial charge in [-0.05, 0) is 23.3 Å². The zero-order valence-corrected chi connectivity index (χ0v) is 11.9. The number of nitrogens with zero attached hydrogens (tertiary/aromatic N) is 1. The monoisotopic (exact) mass is 290 g/mol. The number of aromatic nitrogens is 1. The molecule has 0 unspecified atom stereocenters. The number of benzene rings is 1. The van der Waals surface area contributed by atoms with Gasteiger partial charge in [-0.3, -0.25) is 4.79 Å². The Hall–Kier alpha value is -2.07. The van der Waals surface area contributed by atoms with Crippen LogP contribution in [0.3, 0.4) is 0 Å². The van der Waals surface area contributed by atoms with E-state index in [-0.39, 0.29) is 12.3 Å². The fraction of sp³-hybridized carbons (Fsp3) is 0.200. The second-order valence-electron chi connectivity index (χ2n) is 4.25. The average Bonchev–Trinajstić information content (AvgIpc) is 2.48. The molecule has 2 aromatic rings. The van der Waals surface area contributed by atoms with Crippen molar-refractivity contribution in [3.63, 3.8) is 0 Å². The summed E-state index contributed by atoms with van der Waals surface area (Å²) in [5, 5.41) is 3.45. The summed E-state index contributed by atoms with van der Waals surface area (Å²) in [6.07, 6.45) is 1.91. The molecule has 2 rings (SSSR count). The van der Waals surface area contributed by atoms with E-state index in [1.54, 1.807) is 25.4 Å². The van der Waals surface area contributed by atoms with Crippen LogP contribution < -0.4 is 10.1 Å². The van der Waals surface area contributed by atoms with E-state index in [9.17, 15) is 4.79 Å². The van der Waals surface area contributed by atoms with Crippen LogP contribution in [0.5, 0.6) is 5.88 Å². The molecule has 0 aliphatic rings. The van der Waals surface area contributed by atoms with Gasteiger partial charge in [-0.25, -0.2) is 4.98 Å². The van der Waals surface area contributed by atoms with Crippen LogP contribution >= 0.6 is 11.6 Å². The average molecular weight is 291 g/mol. The van der Waals surface area contributed by atoms with Crippen LogP contribution in [-0.2, 0) is 17.8 Å². The summed E-state index contributed by atoms with van der Waals surface area (Å²) >= 11 is 6.02. The van der Waals surface area contributed by atoms with Crippen molar-refractivity contribution in [2.24, 2.45) is 0 Å². The molecular weight excluding hydrogens is 276 g/mol. The Morgan fingerprint density at radius 3 is 2.90 bits per heavy atom. The molecule has 0 radical (unpaired) electrons. The number of amides is 1. The van der Waals surface area contributed by atoms with Crippen molar-refractivity contribution in [3.05, 3.63) is 58.7 Å². The smallest absolute Gasteiger partial charge is 0.224 e. The zero-order valence-electron chi connectivity index (χ0n) is 11.1. The fourth-order valence-corrected chi connectivity index (χ4v) is 1.95. The van der Waals surface area contributed by atoms with Crippen molar-refractivity contribution in [1.82, 2.24) is 10.3 Å². The molecule has 1 N–H and O–H groups in total. The molecule has 4 nitrogen and oxygen atoms in total. The number of methoxy groups -OCH3 is 1. The van der Waals surface area contributed by atoms with E-state index in [4.69, 9.17) is 16.3 Å². The summed E-state index contributed by atoms with van der Waals surface area (Å²) in [5.41, 5.74) is 1.75. The molecule has 104 valence electrons. The first-order valence-corrected chi connectivity index (χ1v) is 6.56. The largest absolute Gasteiger partial charge is 0.481 e. The lowest BCUT2D eigenvalue weighted by atomic mass is 10.1.